The lowest BCUT2D eigenvalue weighted by Gasteiger charge is -2.26. The van der Waals surface area contributed by atoms with E-state index in [1.165, 1.54) is 32.4 Å². The summed E-state index contributed by atoms with van der Waals surface area (Å²) in [6, 6.07) is 7.81. The van der Waals surface area contributed by atoms with Gasteiger partial charge in [0.05, 0.1) is 0 Å². The van der Waals surface area contributed by atoms with Gasteiger partial charge in [0.15, 0.2) is 0 Å². The topological polar surface area (TPSA) is 51.4 Å². The van der Waals surface area contributed by atoms with Crippen LogP contribution in [0, 0.1) is 0 Å². The van der Waals surface area contributed by atoms with Crippen molar-refractivity contribution in [3.8, 4) is 5.88 Å². The summed E-state index contributed by atoms with van der Waals surface area (Å²) in [6.07, 6.45) is 5.77. The van der Waals surface area contributed by atoms with Crippen LogP contribution in [0.5, 0.6) is 5.88 Å². The van der Waals surface area contributed by atoms with Crippen molar-refractivity contribution in [2.24, 2.45) is 0 Å². The molecule has 0 atom stereocenters. The Morgan fingerprint density at radius 1 is 1.15 bits per heavy atom. The summed E-state index contributed by atoms with van der Waals surface area (Å²) in [5.74, 6) is 0.687. The number of nitrogens with two attached hydrogens (primary N) is 1. The minimum atomic E-state index is 0.681. The first kappa shape index (κ1) is 13.2. The Morgan fingerprint density at radius 3 is 2.85 bits per heavy atom. The van der Waals surface area contributed by atoms with Crippen LogP contribution >= 0.6 is 0 Å². The number of nitrogens with zero attached hydrogens (tertiary/aromatic N) is 2. The van der Waals surface area contributed by atoms with E-state index in [2.05, 4.69) is 9.88 Å². The highest BCUT2D eigenvalue weighted by molar-refractivity contribution is 5.89. The lowest BCUT2D eigenvalue weighted by atomic mass is 10.1. The van der Waals surface area contributed by atoms with Gasteiger partial charge in [-0.15, -0.1) is 0 Å². The van der Waals surface area contributed by atoms with Crippen LogP contribution in [0.15, 0.2) is 30.5 Å². The molecule has 1 fully saturated rings. The number of aromatic nitrogens is 1. The maximum atomic E-state index is 5.87. The molecule has 1 saturated heterocycles. The summed E-state index contributed by atoms with van der Waals surface area (Å²) in [7, 11) is 0. The first-order valence-corrected chi connectivity index (χ1v) is 7.32. The Morgan fingerprint density at radius 2 is 2.00 bits per heavy atom. The van der Waals surface area contributed by atoms with Gasteiger partial charge in [-0.3, -0.25) is 4.90 Å². The fourth-order valence-corrected chi connectivity index (χ4v) is 2.73. The molecule has 3 rings (SSSR count). The molecule has 4 heteroatoms. The van der Waals surface area contributed by atoms with Crippen molar-refractivity contribution in [2.75, 3.05) is 32.0 Å². The van der Waals surface area contributed by atoms with E-state index in [9.17, 15) is 0 Å². The van der Waals surface area contributed by atoms with E-state index in [4.69, 9.17) is 10.5 Å². The molecule has 4 nitrogen and oxygen atoms in total. The van der Waals surface area contributed by atoms with Crippen molar-refractivity contribution in [3.05, 3.63) is 30.5 Å². The Kier molecular flexibility index (Phi) is 4.02. The lowest BCUT2D eigenvalue weighted by Crippen LogP contribution is -2.33. The van der Waals surface area contributed by atoms with E-state index in [1.54, 1.807) is 6.20 Å². The van der Waals surface area contributed by atoms with Gasteiger partial charge in [0.2, 0.25) is 5.88 Å². The van der Waals surface area contributed by atoms with Gasteiger partial charge in [-0.2, -0.15) is 0 Å². The standard InChI is InChI=1S/C16H21N3O/c17-14-5-4-13-6-7-18-16(15(13)12-14)20-11-10-19-8-2-1-3-9-19/h4-7,12H,1-3,8-11,17H2. The van der Waals surface area contributed by atoms with Gasteiger partial charge in [0.25, 0.3) is 0 Å². The molecule has 0 radical (unpaired) electrons. The highest BCUT2D eigenvalue weighted by Gasteiger charge is 2.10. The molecule has 1 aromatic heterocycles. The van der Waals surface area contributed by atoms with Gasteiger partial charge < -0.3 is 10.5 Å². The molecule has 20 heavy (non-hydrogen) atoms. The number of nitrogen functional groups attached to an aromatic ring is 1. The van der Waals surface area contributed by atoms with Crippen molar-refractivity contribution in [2.45, 2.75) is 19.3 Å². The van der Waals surface area contributed by atoms with Crippen LogP contribution in [0.1, 0.15) is 19.3 Å². The monoisotopic (exact) mass is 271 g/mol. The minimum Gasteiger partial charge on any atom is -0.476 e. The zero-order valence-corrected chi connectivity index (χ0v) is 11.7. The lowest BCUT2D eigenvalue weighted by molar-refractivity contribution is 0.181. The van der Waals surface area contributed by atoms with Crippen LogP contribution in [0.25, 0.3) is 10.8 Å². The number of piperidine rings is 1. The number of likely N-dealkylation sites (tertiary alicyclic amines) is 1. The average molecular weight is 271 g/mol. The number of fused-ring (bicyclic) bond motifs is 1. The van der Waals surface area contributed by atoms with Crippen LogP contribution < -0.4 is 10.5 Å². The first-order chi connectivity index (χ1) is 9.83. The van der Waals surface area contributed by atoms with E-state index in [-0.39, 0.29) is 0 Å². The van der Waals surface area contributed by atoms with E-state index in [0.717, 1.165) is 23.0 Å². The van der Waals surface area contributed by atoms with Crippen LogP contribution in [-0.2, 0) is 0 Å². The van der Waals surface area contributed by atoms with Gasteiger partial charge in [0.1, 0.15) is 6.61 Å². The van der Waals surface area contributed by atoms with E-state index >= 15 is 0 Å². The Balaban J connectivity index is 1.66. The van der Waals surface area contributed by atoms with Crippen LogP contribution in [0.4, 0.5) is 5.69 Å². The molecule has 106 valence electrons. The van der Waals surface area contributed by atoms with Crippen molar-refractivity contribution in [1.29, 1.82) is 0 Å². The summed E-state index contributed by atoms with van der Waals surface area (Å²) in [4.78, 5) is 6.80. The Labute approximate surface area is 119 Å². The van der Waals surface area contributed by atoms with Crippen molar-refractivity contribution in [3.63, 3.8) is 0 Å². The molecule has 0 saturated carbocycles. The number of benzene rings is 1. The number of hydrogen-bond acceptors (Lipinski definition) is 4. The summed E-state index contributed by atoms with van der Waals surface area (Å²) in [6.45, 7) is 4.04. The average Bonchev–Trinajstić information content (AvgIpc) is 2.49. The fourth-order valence-electron chi connectivity index (χ4n) is 2.73. The van der Waals surface area contributed by atoms with Gasteiger partial charge in [0, 0.05) is 23.8 Å². The number of ether oxygens (including phenoxy) is 1. The van der Waals surface area contributed by atoms with E-state index < -0.39 is 0 Å². The molecule has 0 spiro atoms. The third kappa shape index (κ3) is 3.02. The SMILES string of the molecule is Nc1ccc2ccnc(OCCN3CCCCC3)c2c1. The second-order valence-corrected chi connectivity index (χ2v) is 5.35. The minimum absolute atomic E-state index is 0.681. The predicted molar refractivity (Wildman–Crippen MR) is 81.9 cm³/mol. The summed E-state index contributed by atoms with van der Waals surface area (Å²) >= 11 is 0. The maximum absolute atomic E-state index is 5.87. The summed E-state index contributed by atoms with van der Waals surface area (Å²) in [5.41, 5.74) is 6.59. The highest BCUT2D eigenvalue weighted by atomic mass is 16.5. The van der Waals surface area contributed by atoms with E-state index in [0.29, 0.717) is 12.5 Å². The third-order valence-corrected chi connectivity index (χ3v) is 3.85. The molecule has 0 aliphatic carbocycles. The quantitative estimate of drug-likeness (QED) is 0.869. The Hall–Kier alpha value is -1.81. The highest BCUT2D eigenvalue weighted by Crippen LogP contribution is 2.25. The first-order valence-electron chi connectivity index (χ1n) is 7.32. The summed E-state index contributed by atoms with van der Waals surface area (Å²) in [5, 5.41) is 2.10. The molecule has 2 aromatic rings. The second-order valence-electron chi connectivity index (χ2n) is 5.35. The molecule has 2 heterocycles. The molecule has 1 aliphatic rings. The largest absolute Gasteiger partial charge is 0.476 e. The molecule has 0 unspecified atom stereocenters. The maximum Gasteiger partial charge on any atom is 0.221 e. The molecule has 0 amide bonds. The smallest absolute Gasteiger partial charge is 0.221 e. The molecule has 2 N–H and O–H groups in total. The molecule has 1 aromatic carbocycles. The van der Waals surface area contributed by atoms with Crippen LogP contribution in [0.2, 0.25) is 0 Å². The fraction of sp³-hybridized carbons (Fsp3) is 0.438. The predicted octanol–water partition coefficient (Wildman–Crippen LogP) is 2.68. The van der Waals surface area contributed by atoms with Crippen molar-refractivity contribution in [1.82, 2.24) is 9.88 Å². The summed E-state index contributed by atoms with van der Waals surface area (Å²) < 4.78 is 5.87. The zero-order valence-electron chi connectivity index (χ0n) is 11.7. The number of rotatable bonds is 4. The molecular formula is C16H21N3O. The van der Waals surface area contributed by atoms with Crippen molar-refractivity contribution < 1.29 is 4.74 Å². The number of pyridine rings is 1. The van der Waals surface area contributed by atoms with Gasteiger partial charge in [-0.25, -0.2) is 4.98 Å². The van der Waals surface area contributed by atoms with Gasteiger partial charge >= 0.3 is 0 Å². The van der Waals surface area contributed by atoms with Crippen molar-refractivity contribution >= 4 is 16.5 Å². The van der Waals surface area contributed by atoms with Crippen LogP contribution in [0.3, 0.4) is 0 Å². The van der Waals surface area contributed by atoms with Gasteiger partial charge in [-0.05, 0) is 49.5 Å². The number of anilines is 1. The van der Waals surface area contributed by atoms with Crippen LogP contribution in [-0.4, -0.2) is 36.1 Å². The number of hydrogen-bond donors (Lipinski definition) is 1. The third-order valence-electron chi connectivity index (χ3n) is 3.85. The molecule has 1 aliphatic heterocycles. The molecular weight excluding hydrogens is 250 g/mol. The normalized spacial score (nSPS) is 16.4. The zero-order chi connectivity index (χ0) is 13.8. The van der Waals surface area contributed by atoms with E-state index in [1.807, 2.05) is 24.3 Å². The Bertz CT molecular complexity index is 579. The van der Waals surface area contributed by atoms with Gasteiger partial charge in [-0.1, -0.05) is 12.5 Å². The second kappa shape index (κ2) is 6.09. The molecule has 0 bridgehead atoms.